The summed E-state index contributed by atoms with van der Waals surface area (Å²) in [5, 5.41) is 0. The first-order valence-corrected chi connectivity index (χ1v) is 7.23. The molecule has 1 aliphatic rings. The number of nitrogens with two attached hydrogens (primary N) is 1. The Balaban J connectivity index is 2.02. The van der Waals surface area contributed by atoms with Gasteiger partial charge in [0.25, 0.3) is 0 Å². The van der Waals surface area contributed by atoms with Gasteiger partial charge in [-0.2, -0.15) is 0 Å². The highest BCUT2D eigenvalue weighted by atomic mass is 16.5. The van der Waals surface area contributed by atoms with Gasteiger partial charge in [0.15, 0.2) is 0 Å². The van der Waals surface area contributed by atoms with Crippen molar-refractivity contribution in [3.63, 3.8) is 0 Å². The third-order valence-corrected chi connectivity index (χ3v) is 3.92. The van der Waals surface area contributed by atoms with Crippen molar-refractivity contribution in [2.45, 2.75) is 31.8 Å². The van der Waals surface area contributed by atoms with E-state index in [1.165, 1.54) is 11.1 Å². The van der Waals surface area contributed by atoms with Crippen molar-refractivity contribution in [2.24, 2.45) is 5.84 Å². The Hall–Kier alpha value is -1.98. The van der Waals surface area contributed by atoms with Crippen molar-refractivity contribution >= 4 is 5.82 Å². The fourth-order valence-corrected chi connectivity index (χ4v) is 2.99. The zero-order valence-electron chi connectivity index (χ0n) is 12.2. The molecule has 3 rings (SSSR count). The summed E-state index contributed by atoms with van der Waals surface area (Å²) >= 11 is 0. The molecule has 1 aromatic heterocycles. The minimum Gasteiger partial charge on any atom is -0.378 e. The van der Waals surface area contributed by atoms with E-state index in [1.807, 2.05) is 6.07 Å². The lowest BCUT2D eigenvalue weighted by atomic mass is 9.82. The number of benzene rings is 1. The van der Waals surface area contributed by atoms with Crippen molar-refractivity contribution in [3.8, 4) is 0 Å². The van der Waals surface area contributed by atoms with Crippen molar-refractivity contribution < 1.29 is 4.74 Å². The Labute approximate surface area is 124 Å². The van der Waals surface area contributed by atoms with Crippen LogP contribution in [-0.4, -0.2) is 17.1 Å². The summed E-state index contributed by atoms with van der Waals surface area (Å²) in [6, 6.07) is 10.4. The van der Waals surface area contributed by atoms with Crippen LogP contribution in [0.3, 0.4) is 0 Å². The van der Waals surface area contributed by atoms with Gasteiger partial charge in [0.2, 0.25) is 0 Å². The number of anilines is 1. The van der Waals surface area contributed by atoms with Crippen molar-refractivity contribution in [2.75, 3.05) is 12.5 Å². The number of hydrazine groups is 1. The number of aryl methyl sites for hydroxylation is 1. The smallest absolute Gasteiger partial charge is 0.144 e. The predicted octanol–water partition coefficient (Wildman–Crippen LogP) is 2.38. The molecule has 0 amide bonds. The summed E-state index contributed by atoms with van der Waals surface area (Å²) in [6.07, 6.45) is 3.36. The number of hydrogen-bond donors (Lipinski definition) is 2. The molecule has 2 aromatic rings. The Bertz CT molecular complexity index is 629. The summed E-state index contributed by atoms with van der Waals surface area (Å²) in [4.78, 5) is 9.22. The van der Waals surface area contributed by atoms with Crippen molar-refractivity contribution in [1.29, 1.82) is 0 Å². The molecule has 0 spiro atoms. The topological polar surface area (TPSA) is 73.1 Å². The van der Waals surface area contributed by atoms with Gasteiger partial charge >= 0.3 is 0 Å². The van der Waals surface area contributed by atoms with Crippen LogP contribution in [0.1, 0.15) is 41.4 Å². The normalized spacial score (nSPS) is 17.3. The number of nitrogens with zero attached hydrogens (tertiary/aromatic N) is 2. The van der Waals surface area contributed by atoms with Crippen LogP contribution >= 0.6 is 0 Å². The monoisotopic (exact) mass is 284 g/mol. The lowest BCUT2D eigenvalue weighted by molar-refractivity contribution is 0.181. The summed E-state index contributed by atoms with van der Waals surface area (Å²) in [7, 11) is 1.66. The minimum absolute atomic E-state index is 0.235. The molecule has 1 heterocycles. The quantitative estimate of drug-likeness (QED) is 0.666. The average Bonchev–Trinajstić information content (AvgIpc) is 2.54. The number of nitrogen functional groups attached to an aromatic ring is 1. The second kappa shape index (κ2) is 6.20. The van der Waals surface area contributed by atoms with Gasteiger partial charge in [-0.05, 0) is 30.4 Å². The third-order valence-electron chi connectivity index (χ3n) is 3.92. The van der Waals surface area contributed by atoms with E-state index in [2.05, 4.69) is 39.7 Å². The minimum atomic E-state index is 0.235. The first-order chi connectivity index (χ1) is 10.3. The Morgan fingerprint density at radius 3 is 3.00 bits per heavy atom. The largest absolute Gasteiger partial charge is 0.378 e. The van der Waals surface area contributed by atoms with E-state index in [1.54, 1.807) is 7.11 Å². The molecule has 5 heteroatoms. The van der Waals surface area contributed by atoms with Gasteiger partial charge in [-0.3, -0.25) is 0 Å². The summed E-state index contributed by atoms with van der Waals surface area (Å²) < 4.78 is 5.18. The zero-order chi connectivity index (χ0) is 14.7. The van der Waals surface area contributed by atoms with Crippen molar-refractivity contribution in [1.82, 2.24) is 9.97 Å². The standard InChI is InChI=1S/C16H20N4O/c1-21-10-12-9-15(20-17)19-16(18-12)14-8-4-6-11-5-2-3-7-13(11)14/h2-3,5,7,9,14H,4,6,8,10,17H2,1H3,(H,18,19,20). The molecule has 1 atom stereocenters. The SMILES string of the molecule is COCc1cc(NN)nc(C2CCCc3ccccc32)n1. The molecular formula is C16H20N4O. The maximum atomic E-state index is 5.53. The second-order valence-corrected chi connectivity index (χ2v) is 5.32. The number of fused-ring (bicyclic) bond motifs is 1. The molecule has 1 unspecified atom stereocenters. The van der Waals surface area contributed by atoms with Crippen LogP contribution in [0, 0.1) is 0 Å². The number of aromatic nitrogens is 2. The van der Waals surface area contributed by atoms with Crippen LogP contribution in [0.25, 0.3) is 0 Å². The fourth-order valence-electron chi connectivity index (χ4n) is 2.99. The third kappa shape index (κ3) is 2.89. The molecule has 0 saturated heterocycles. The van der Waals surface area contributed by atoms with E-state index >= 15 is 0 Å². The molecule has 0 fully saturated rings. The Kier molecular flexibility index (Phi) is 4.13. The lowest BCUT2D eigenvalue weighted by Gasteiger charge is -2.25. The van der Waals surface area contributed by atoms with Gasteiger partial charge in [-0.1, -0.05) is 24.3 Å². The lowest BCUT2D eigenvalue weighted by Crippen LogP contribution is -2.17. The Morgan fingerprint density at radius 2 is 2.19 bits per heavy atom. The highest BCUT2D eigenvalue weighted by molar-refractivity contribution is 5.40. The van der Waals surface area contributed by atoms with Crippen LogP contribution in [0.5, 0.6) is 0 Å². The molecule has 1 aromatic carbocycles. The second-order valence-electron chi connectivity index (χ2n) is 5.32. The van der Waals surface area contributed by atoms with E-state index in [9.17, 15) is 0 Å². The number of hydrogen-bond acceptors (Lipinski definition) is 5. The van der Waals surface area contributed by atoms with E-state index in [-0.39, 0.29) is 5.92 Å². The van der Waals surface area contributed by atoms with Crippen LogP contribution in [0.4, 0.5) is 5.82 Å². The maximum absolute atomic E-state index is 5.53. The molecule has 0 aliphatic heterocycles. The van der Waals surface area contributed by atoms with Crippen LogP contribution in [0.2, 0.25) is 0 Å². The van der Waals surface area contributed by atoms with Gasteiger partial charge in [-0.15, -0.1) is 0 Å². The van der Waals surface area contributed by atoms with E-state index < -0.39 is 0 Å². The van der Waals surface area contributed by atoms with Gasteiger partial charge in [0, 0.05) is 19.1 Å². The van der Waals surface area contributed by atoms with Gasteiger partial charge in [0.1, 0.15) is 11.6 Å². The summed E-state index contributed by atoms with van der Waals surface area (Å²) in [6.45, 7) is 0.457. The van der Waals surface area contributed by atoms with Crippen LogP contribution in [0.15, 0.2) is 30.3 Å². The van der Waals surface area contributed by atoms with Crippen molar-refractivity contribution in [3.05, 3.63) is 53.0 Å². The number of rotatable bonds is 4. The molecule has 1 aliphatic carbocycles. The van der Waals surface area contributed by atoms with Crippen LogP contribution in [-0.2, 0) is 17.8 Å². The van der Waals surface area contributed by atoms with Gasteiger partial charge in [-0.25, -0.2) is 15.8 Å². The van der Waals surface area contributed by atoms with Gasteiger partial charge in [0.05, 0.1) is 12.3 Å². The number of nitrogens with one attached hydrogen (secondary N) is 1. The number of ether oxygens (including phenoxy) is 1. The van der Waals surface area contributed by atoms with Crippen LogP contribution < -0.4 is 11.3 Å². The molecule has 0 bridgehead atoms. The highest BCUT2D eigenvalue weighted by Gasteiger charge is 2.24. The first kappa shape index (κ1) is 14.0. The maximum Gasteiger partial charge on any atom is 0.144 e. The first-order valence-electron chi connectivity index (χ1n) is 7.23. The summed E-state index contributed by atoms with van der Waals surface area (Å²) in [5.41, 5.74) is 6.20. The molecule has 0 saturated carbocycles. The van der Waals surface area contributed by atoms with E-state index in [4.69, 9.17) is 10.6 Å². The number of methoxy groups -OCH3 is 1. The molecule has 21 heavy (non-hydrogen) atoms. The van der Waals surface area contributed by atoms with E-state index in [0.29, 0.717) is 12.4 Å². The van der Waals surface area contributed by atoms with Gasteiger partial charge < -0.3 is 10.2 Å². The molecular weight excluding hydrogens is 264 g/mol. The highest BCUT2D eigenvalue weighted by Crippen LogP contribution is 2.35. The predicted molar refractivity (Wildman–Crippen MR) is 81.8 cm³/mol. The average molecular weight is 284 g/mol. The zero-order valence-corrected chi connectivity index (χ0v) is 12.2. The molecule has 5 nitrogen and oxygen atoms in total. The fraction of sp³-hybridized carbons (Fsp3) is 0.375. The Morgan fingerprint density at radius 1 is 1.33 bits per heavy atom. The summed E-state index contributed by atoms with van der Waals surface area (Å²) in [5.74, 6) is 7.22. The molecule has 0 radical (unpaired) electrons. The molecule has 110 valence electrons. The molecule has 3 N–H and O–H groups in total. The van der Waals surface area contributed by atoms with E-state index in [0.717, 1.165) is 30.8 Å².